The molecule has 1 atom stereocenters. The molecule has 2 fully saturated rings. The Morgan fingerprint density at radius 2 is 1.96 bits per heavy atom. The molecule has 2 saturated heterocycles. The fourth-order valence-electron chi connectivity index (χ4n) is 3.96. The average Bonchev–Trinajstić information content (AvgIpc) is 3.18. The van der Waals surface area contributed by atoms with Gasteiger partial charge in [-0.05, 0) is 63.3 Å². The van der Waals surface area contributed by atoms with E-state index in [1.165, 1.54) is 16.8 Å². The van der Waals surface area contributed by atoms with Crippen molar-refractivity contribution in [1.82, 2.24) is 9.21 Å². The van der Waals surface area contributed by atoms with Crippen LogP contribution in [0.5, 0.6) is 5.75 Å². The Morgan fingerprint density at radius 3 is 2.64 bits per heavy atom. The highest BCUT2D eigenvalue weighted by Crippen LogP contribution is 2.31. The molecule has 1 amide bonds. The van der Waals surface area contributed by atoms with Gasteiger partial charge in [-0.15, -0.1) is 0 Å². The standard InChI is InChI=1S/C20H31N3O4S/c1-3-27-18-9-8-17(13-19(18)28(25,26)23-11-4-5-12-23)21-20(24)15-22-10-6-7-16(2)14-22/h8-9,13,16H,3-7,10-12,14-15H2,1-2H3,(H,21,24)/t16-/m1/s1. The number of carbonyl (C=O) groups excluding carboxylic acids is 1. The Labute approximate surface area is 168 Å². The lowest BCUT2D eigenvalue weighted by atomic mass is 10.0. The average molecular weight is 410 g/mol. The Kier molecular flexibility index (Phi) is 6.95. The zero-order valence-corrected chi connectivity index (χ0v) is 17.6. The van der Waals surface area contributed by atoms with Crippen LogP contribution in [0.4, 0.5) is 5.69 Å². The number of sulfonamides is 1. The lowest BCUT2D eigenvalue weighted by Crippen LogP contribution is -2.39. The maximum Gasteiger partial charge on any atom is 0.246 e. The summed E-state index contributed by atoms with van der Waals surface area (Å²) < 4.78 is 33.1. The second-order valence-corrected chi connectivity index (χ2v) is 9.64. The van der Waals surface area contributed by atoms with Crippen LogP contribution in [-0.4, -0.2) is 62.9 Å². The molecule has 2 heterocycles. The number of carbonyl (C=O) groups is 1. The van der Waals surface area contributed by atoms with Gasteiger partial charge >= 0.3 is 0 Å². The first kappa shape index (κ1) is 21.1. The van der Waals surface area contributed by atoms with Crippen LogP contribution in [0, 0.1) is 5.92 Å². The van der Waals surface area contributed by atoms with Crippen LogP contribution in [0.3, 0.4) is 0 Å². The molecule has 0 aliphatic carbocycles. The SMILES string of the molecule is CCOc1ccc(NC(=O)CN2CCC[C@@H](C)C2)cc1S(=O)(=O)N1CCCC1. The van der Waals surface area contributed by atoms with E-state index in [2.05, 4.69) is 17.1 Å². The van der Waals surface area contributed by atoms with Gasteiger partial charge in [0.2, 0.25) is 15.9 Å². The van der Waals surface area contributed by atoms with E-state index < -0.39 is 10.0 Å². The van der Waals surface area contributed by atoms with Crippen LogP contribution in [-0.2, 0) is 14.8 Å². The van der Waals surface area contributed by atoms with Gasteiger partial charge in [0, 0.05) is 25.3 Å². The molecule has 1 N–H and O–H groups in total. The number of piperidine rings is 1. The minimum absolute atomic E-state index is 0.122. The van der Waals surface area contributed by atoms with Crippen molar-refractivity contribution in [3.8, 4) is 5.75 Å². The molecule has 3 rings (SSSR count). The largest absolute Gasteiger partial charge is 0.492 e. The Hall–Kier alpha value is -1.64. The summed E-state index contributed by atoms with van der Waals surface area (Å²) in [5.41, 5.74) is 0.483. The molecule has 2 aliphatic rings. The van der Waals surface area contributed by atoms with E-state index >= 15 is 0 Å². The van der Waals surface area contributed by atoms with Crippen LogP contribution >= 0.6 is 0 Å². The summed E-state index contributed by atoms with van der Waals surface area (Å²) in [5, 5.41) is 2.86. The van der Waals surface area contributed by atoms with Gasteiger partial charge in [-0.1, -0.05) is 6.92 Å². The quantitative estimate of drug-likeness (QED) is 0.749. The first-order valence-electron chi connectivity index (χ1n) is 10.2. The minimum Gasteiger partial charge on any atom is -0.492 e. The van der Waals surface area contributed by atoms with Gasteiger partial charge in [-0.2, -0.15) is 4.31 Å². The molecule has 0 unspecified atom stereocenters. The first-order chi connectivity index (χ1) is 13.4. The molecule has 0 saturated carbocycles. The van der Waals surface area contributed by atoms with Gasteiger partial charge in [0.15, 0.2) is 0 Å². The number of nitrogens with one attached hydrogen (secondary N) is 1. The molecular formula is C20H31N3O4S. The first-order valence-corrected chi connectivity index (χ1v) is 11.6. The summed E-state index contributed by atoms with van der Waals surface area (Å²) in [6, 6.07) is 4.85. The molecule has 1 aromatic rings. The third-order valence-corrected chi connectivity index (χ3v) is 7.24. The summed E-state index contributed by atoms with van der Waals surface area (Å²) in [6.07, 6.45) is 4.05. The highest BCUT2D eigenvalue weighted by atomic mass is 32.2. The summed E-state index contributed by atoms with van der Waals surface area (Å²) in [6.45, 7) is 7.62. The number of benzene rings is 1. The molecule has 2 aliphatic heterocycles. The van der Waals surface area contributed by atoms with Crippen molar-refractivity contribution in [2.45, 2.75) is 44.4 Å². The number of anilines is 1. The predicted octanol–water partition coefficient (Wildman–Crippen LogP) is 2.54. The summed E-state index contributed by atoms with van der Waals surface area (Å²) in [4.78, 5) is 14.7. The van der Waals surface area contributed by atoms with Crippen LogP contribution < -0.4 is 10.1 Å². The van der Waals surface area contributed by atoms with Gasteiger partial charge in [0.05, 0.1) is 13.2 Å². The molecule has 28 heavy (non-hydrogen) atoms. The normalized spacial score (nSPS) is 21.6. The summed E-state index contributed by atoms with van der Waals surface area (Å²) in [5.74, 6) is 0.810. The van der Waals surface area contributed by atoms with Crippen molar-refractivity contribution in [3.63, 3.8) is 0 Å². The monoisotopic (exact) mass is 409 g/mol. The molecule has 0 spiro atoms. The third kappa shape index (κ3) is 5.04. The highest BCUT2D eigenvalue weighted by Gasteiger charge is 2.30. The fraction of sp³-hybridized carbons (Fsp3) is 0.650. The molecule has 156 valence electrons. The number of hydrogen-bond donors (Lipinski definition) is 1. The van der Waals surface area contributed by atoms with Crippen molar-refractivity contribution >= 4 is 21.6 Å². The zero-order chi connectivity index (χ0) is 20.1. The zero-order valence-electron chi connectivity index (χ0n) is 16.8. The van der Waals surface area contributed by atoms with E-state index in [0.717, 1.165) is 32.4 Å². The van der Waals surface area contributed by atoms with E-state index in [-0.39, 0.29) is 10.8 Å². The van der Waals surface area contributed by atoms with Crippen LogP contribution in [0.15, 0.2) is 23.1 Å². The molecule has 7 nitrogen and oxygen atoms in total. The lowest BCUT2D eigenvalue weighted by molar-refractivity contribution is -0.117. The van der Waals surface area contributed by atoms with Gasteiger partial charge in [0.1, 0.15) is 10.6 Å². The van der Waals surface area contributed by atoms with Crippen LogP contribution in [0.2, 0.25) is 0 Å². The highest BCUT2D eigenvalue weighted by molar-refractivity contribution is 7.89. The number of hydrogen-bond acceptors (Lipinski definition) is 5. The summed E-state index contributed by atoms with van der Waals surface area (Å²) >= 11 is 0. The van der Waals surface area contributed by atoms with E-state index in [1.54, 1.807) is 12.1 Å². The second kappa shape index (κ2) is 9.24. The van der Waals surface area contributed by atoms with Crippen molar-refractivity contribution in [2.75, 3.05) is 44.6 Å². The molecule has 0 radical (unpaired) electrons. The Bertz CT molecular complexity index is 791. The number of rotatable bonds is 7. The fourth-order valence-corrected chi connectivity index (χ4v) is 5.64. The summed E-state index contributed by atoms with van der Waals surface area (Å²) in [7, 11) is -3.64. The van der Waals surface area contributed by atoms with Crippen molar-refractivity contribution in [1.29, 1.82) is 0 Å². The molecule has 0 aromatic heterocycles. The third-order valence-electron chi connectivity index (χ3n) is 5.32. The van der Waals surface area contributed by atoms with Gasteiger partial charge in [-0.3, -0.25) is 9.69 Å². The molecule has 1 aromatic carbocycles. The lowest BCUT2D eigenvalue weighted by Gasteiger charge is -2.30. The van der Waals surface area contributed by atoms with Gasteiger partial charge in [-0.25, -0.2) is 8.42 Å². The van der Waals surface area contributed by atoms with Gasteiger partial charge in [0.25, 0.3) is 0 Å². The topological polar surface area (TPSA) is 79.0 Å². The van der Waals surface area contributed by atoms with Crippen molar-refractivity contribution in [3.05, 3.63) is 18.2 Å². The van der Waals surface area contributed by atoms with Crippen molar-refractivity contribution < 1.29 is 17.9 Å². The molecular weight excluding hydrogens is 378 g/mol. The Morgan fingerprint density at radius 1 is 1.21 bits per heavy atom. The van der Waals surface area contributed by atoms with E-state index in [0.29, 0.717) is 43.6 Å². The maximum atomic E-state index is 13.0. The van der Waals surface area contributed by atoms with Crippen LogP contribution in [0.1, 0.15) is 39.5 Å². The smallest absolute Gasteiger partial charge is 0.246 e. The molecule has 0 bridgehead atoms. The number of likely N-dealkylation sites (tertiary alicyclic amines) is 1. The molecule has 8 heteroatoms. The van der Waals surface area contributed by atoms with Gasteiger partial charge < -0.3 is 10.1 Å². The predicted molar refractivity (Wildman–Crippen MR) is 109 cm³/mol. The number of nitrogens with zero attached hydrogens (tertiary/aromatic N) is 2. The van der Waals surface area contributed by atoms with E-state index in [1.807, 2.05) is 6.92 Å². The second-order valence-electron chi connectivity index (χ2n) is 7.74. The number of ether oxygens (including phenoxy) is 1. The van der Waals surface area contributed by atoms with Crippen molar-refractivity contribution in [2.24, 2.45) is 5.92 Å². The number of amides is 1. The maximum absolute atomic E-state index is 13.0. The minimum atomic E-state index is -3.64. The van der Waals surface area contributed by atoms with E-state index in [4.69, 9.17) is 4.74 Å². The van der Waals surface area contributed by atoms with Crippen LogP contribution in [0.25, 0.3) is 0 Å². The Balaban J connectivity index is 1.75. The van der Waals surface area contributed by atoms with E-state index in [9.17, 15) is 13.2 Å².